The Labute approximate surface area is 124 Å². The summed E-state index contributed by atoms with van der Waals surface area (Å²) in [6.07, 6.45) is 3.68. The molecule has 1 aromatic carbocycles. The molecule has 0 spiro atoms. The van der Waals surface area contributed by atoms with Gasteiger partial charge in [-0.1, -0.05) is 24.3 Å². The highest BCUT2D eigenvalue weighted by Gasteiger charge is 2.29. The summed E-state index contributed by atoms with van der Waals surface area (Å²) >= 11 is 8.70. The van der Waals surface area contributed by atoms with Crippen LogP contribution < -0.4 is 0 Å². The van der Waals surface area contributed by atoms with Crippen molar-refractivity contribution in [3.8, 4) is 0 Å². The molecule has 1 aliphatic rings. The minimum absolute atomic E-state index is 0.125. The zero-order valence-electron chi connectivity index (χ0n) is 11.4. The summed E-state index contributed by atoms with van der Waals surface area (Å²) in [5, 5.41) is 0.125. The van der Waals surface area contributed by atoms with Crippen molar-refractivity contribution in [2.24, 2.45) is 0 Å². The minimum atomic E-state index is 0.125. The van der Waals surface area contributed by atoms with E-state index < -0.39 is 0 Å². The summed E-state index contributed by atoms with van der Waals surface area (Å²) in [5.74, 6) is 0.475. The van der Waals surface area contributed by atoms with Crippen molar-refractivity contribution in [3.63, 3.8) is 0 Å². The average molecular weight is 291 g/mol. The summed E-state index contributed by atoms with van der Waals surface area (Å²) in [6, 6.07) is 11.1. The first-order chi connectivity index (χ1) is 9.16. The lowest BCUT2D eigenvalue weighted by Crippen LogP contribution is -2.14. The molecule has 2 atom stereocenters. The fourth-order valence-electron chi connectivity index (χ4n) is 3.21. The molecule has 0 saturated heterocycles. The molecule has 19 heavy (non-hydrogen) atoms. The second kappa shape index (κ2) is 5.30. The first-order valence-electron chi connectivity index (χ1n) is 6.95. The maximum absolute atomic E-state index is 6.84. The topological polar surface area (TPSA) is 0 Å². The van der Waals surface area contributed by atoms with Gasteiger partial charge in [-0.15, -0.1) is 22.9 Å². The van der Waals surface area contributed by atoms with Crippen LogP contribution in [0.4, 0.5) is 0 Å². The van der Waals surface area contributed by atoms with Gasteiger partial charge in [0.1, 0.15) is 0 Å². The van der Waals surface area contributed by atoms with Gasteiger partial charge >= 0.3 is 0 Å². The van der Waals surface area contributed by atoms with Gasteiger partial charge in [0.25, 0.3) is 0 Å². The van der Waals surface area contributed by atoms with Crippen LogP contribution in [0.25, 0.3) is 0 Å². The molecular formula is C17H19ClS. The van der Waals surface area contributed by atoms with E-state index in [0.29, 0.717) is 5.92 Å². The second-order valence-electron chi connectivity index (χ2n) is 5.50. The van der Waals surface area contributed by atoms with Crippen molar-refractivity contribution in [3.05, 3.63) is 56.8 Å². The smallest absolute Gasteiger partial charge is 0.0749 e. The van der Waals surface area contributed by atoms with Gasteiger partial charge in [-0.25, -0.2) is 0 Å². The molecule has 0 nitrogen and oxygen atoms in total. The van der Waals surface area contributed by atoms with Crippen LogP contribution in [0.15, 0.2) is 30.3 Å². The van der Waals surface area contributed by atoms with Crippen molar-refractivity contribution in [2.75, 3.05) is 0 Å². The van der Waals surface area contributed by atoms with E-state index in [9.17, 15) is 0 Å². The quantitative estimate of drug-likeness (QED) is 0.616. The lowest BCUT2D eigenvalue weighted by Gasteiger charge is -2.29. The maximum atomic E-state index is 6.84. The third-order valence-electron chi connectivity index (χ3n) is 4.10. The van der Waals surface area contributed by atoms with Crippen molar-refractivity contribution < 1.29 is 0 Å². The lowest BCUT2D eigenvalue weighted by atomic mass is 9.80. The number of fused-ring (bicyclic) bond motifs is 1. The number of rotatable bonds is 2. The number of aryl methyl sites for hydroxylation is 3. The molecule has 0 amide bonds. The van der Waals surface area contributed by atoms with Crippen LogP contribution in [-0.4, -0.2) is 0 Å². The van der Waals surface area contributed by atoms with E-state index in [1.165, 1.54) is 45.7 Å². The molecule has 2 unspecified atom stereocenters. The second-order valence-corrected chi connectivity index (χ2v) is 7.26. The highest BCUT2D eigenvalue weighted by molar-refractivity contribution is 7.12. The standard InChI is InChI=1S/C17H19ClS/c1-11-10-12(2)19-17(11)16(18)15-9-5-7-13-6-3-4-8-14(13)15/h3-4,6,8,10,15-16H,5,7,9H2,1-2H3. The van der Waals surface area contributed by atoms with E-state index >= 15 is 0 Å². The highest BCUT2D eigenvalue weighted by Crippen LogP contribution is 2.46. The summed E-state index contributed by atoms with van der Waals surface area (Å²) in [4.78, 5) is 2.73. The van der Waals surface area contributed by atoms with Gasteiger partial charge in [-0.2, -0.15) is 0 Å². The van der Waals surface area contributed by atoms with Crippen LogP contribution in [-0.2, 0) is 6.42 Å². The van der Waals surface area contributed by atoms with Crippen LogP contribution in [0.5, 0.6) is 0 Å². The predicted molar refractivity (Wildman–Crippen MR) is 84.5 cm³/mol. The van der Waals surface area contributed by atoms with Crippen LogP contribution in [0, 0.1) is 13.8 Å². The summed E-state index contributed by atoms with van der Waals surface area (Å²) in [5.41, 5.74) is 4.32. The SMILES string of the molecule is Cc1cc(C)c(C(Cl)C2CCCc3ccccc32)s1. The largest absolute Gasteiger partial charge is 0.144 e. The minimum Gasteiger partial charge on any atom is -0.144 e. The molecule has 3 rings (SSSR count). The Hall–Kier alpha value is -0.790. The van der Waals surface area contributed by atoms with Crippen molar-refractivity contribution in [1.82, 2.24) is 0 Å². The van der Waals surface area contributed by atoms with E-state index in [1.807, 2.05) is 11.3 Å². The Bertz CT molecular complexity index is 585. The van der Waals surface area contributed by atoms with Crippen LogP contribution >= 0.6 is 22.9 Å². The molecule has 1 aliphatic carbocycles. The Kier molecular flexibility index (Phi) is 3.68. The number of benzene rings is 1. The third kappa shape index (κ3) is 2.46. The van der Waals surface area contributed by atoms with Gasteiger partial charge in [0.2, 0.25) is 0 Å². The lowest BCUT2D eigenvalue weighted by molar-refractivity contribution is 0.541. The molecule has 0 radical (unpaired) electrons. The van der Waals surface area contributed by atoms with Gasteiger partial charge in [-0.3, -0.25) is 0 Å². The fourth-order valence-corrected chi connectivity index (χ4v) is 4.86. The zero-order chi connectivity index (χ0) is 13.4. The Morgan fingerprint density at radius 1 is 1.26 bits per heavy atom. The van der Waals surface area contributed by atoms with E-state index in [4.69, 9.17) is 11.6 Å². The maximum Gasteiger partial charge on any atom is 0.0749 e. The molecule has 100 valence electrons. The molecular weight excluding hydrogens is 272 g/mol. The third-order valence-corrected chi connectivity index (χ3v) is 5.99. The first-order valence-corrected chi connectivity index (χ1v) is 8.21. The number of hydrogen-bond donors (Lipinski definition) is 0. The van der Waals surface area contributed by atoms with E-state index in [0.717, 1.165) is 0 Å². The molecule has 0 bridgehead atoms. The Morgan fingerprint density at radius 3 is 2.79 bits per heavy atom. The van der Waals surface area contributed by atoms with Gasteiger partial charge in [0, 0.05) is 15.7 Å². The van der Waals surface area contributed by atoms with Crippen LogP contribution in [0.3, 0.4) is 0 Å². The van der Waals surface area contributed by atoms with Crippen LogP contribution in [0.1, 0.15) is 50.6 Å². The molecule has 2 heteroatoms. The van der Waals surface area contributed by atoms with Crippen molar-refractivity contribution >= 4 is 22.9 Å². The van der Waals surface area contributed by atoms with Gasteiger partial charge in [-0.05, 0) is 55.9 Å². The zero-order valence-corrected chi connectivity index (χ0v) is 13.0. The number of halogens is 1. The molecule has 1 aromatic heterocycles. The molecule has 0 aliphatic heterocycles. The molecule has 1 heterocycles. The Balaban J connectivity index is 1.97. The molecule has 2 aromatic rings. The van der Waals surface area contributed by atoms with Gasteiger partial charge in [0.05, 0.1) is 5.38 Å². The normalized spacial score (nSPS) is 20.1. The van der Waals surface area contributed by atoms with Gasteiger partial charge in [0.15, 0.2) is 0 Å². The average Bonchev–Trinajstić information content (AvgIpc) is 2.76. The number of hydrogen-bond acceptors (Lipinski definition) is 1. The fraction of sp³-hybridized carbons (Fsp3) is 0.412. The molecule has 0 fully saturated rings. The monoisotopic (exact) mass is 290 g/mol. The summed E-state index contributed by atoms with van der Waals surface area (Å²) in [7, 11) is 0. The molecule has 0 N–H and O–H groups in total. The van der Waals surface area contributed by atoms with Crippen molar-refractivity contribution in [2.45, 2.75) is 44.4 Å². The molecule has 0 saturated carbocycles. The number of alkyl halides is 1. The van der Waals surface area contributed by atoms with E-state index in [2.05, 4.69) is 44.2 Å². The summed E-state index contributed by atoms with van der Waals surface area (Å²) < 4.78 is 0. The van der Waals surface area contributed by atoms with Crippen LogP contribution in [0.2, 0.25) is 0 Å². The van der Waals surface area contributed by atoms with Crippen molar-refractivity contribution in [1.29, 1.82) is 0 Å². The Morgan fingerprint density at radius 2 is 2.05 bits per heavy atom. The van der Waals surface area contributed by atoms with E-state index in [-0.39, 0.29) is 5.38 Å². The van der Waals surface area contributed by atoms with Gasteiger partial charge < -0.3 is 0 Å². The number of thiophene rings is 1. The first kappa shape index (κ1) is 13.2. The highest BCUT2D eigenvalue weighted by atomic mass is 35.5. The van der Waals surface area contributed by atoms with E-state index in [1.54, 1.807) is 0 Å². The summed E-state index contributed by atoms with van der Waals surface area (Å²) in [6.45, 7) is 4.35. The predicted octanol–water partition coefficient (Wildman–Crippen LogP) is 5.76.